The van der Waals surface area contributed by atoms with Crippen LogP contribution in [-0.2, 0) is 11.2 Å². The summed E-state index contributed by atoms with van der Waals surface area (Å²) >= 11 is 0. The fourth-order valence-corrected chi connectivity index (χ4v) is 3.00. The zero-order valence-corrected chi connectivity index (χ0v) is 13.3. The summed E-state index contributed by atoms with van der Waals surface area (Å²) in [6.07, 6.45) is 9.36. The molecule has 3 heterocycles. The summed E-state index contributed by atoms with van der Waals surface area (Å²) < 4.78 is 5.33. The summed E-state index contributed by atoms with van der Waals surface area (Å²) in [6.45, 7) is 3.62. The maximum Gasteiger partial charge on any atom is 0.225 e. The second-order valence-electron chi connectivity index (χ2n) is 6.04. The lowest BCUT2D eigenvalue weighted by Gasteiger charge is -2.33. The molecule has 1 amide bonds. The van der Waals surface area contributed by atoms with Crippen molar-refractivity contribution in [1.82, 2.24) is 15.3 Å². The molecular weight excluding hydrogens is 292 g/mol. The first-order valence-electron chi connectivity index (χ1n) is 8.06. The summed E-state index contributed by atoms with van der Waals surface area (Å²) in [5.74, 6) is 1.83. The third-order valence-corrected chi connectivity index (χ3v) is 4.14. The first kappa shape index (κ1) is 15.5. The van der Waals surface area contributed by atoms with Crippen LogP contribution in [0.4, 0.5) is 5.82 Å². The van der Waals surface area contributed by atoms with Gasteiger partial charge in [0.05, 0.1) is 18.4 Å². The predicted octanol–water partition coefficient (Wildman–Crippen LogP) is 2.03. The summed E-state index contributed by atoms with van der Waals surface area (Å²) in [6, 6.07) is 3.85. The Morgan fingerprint density at radius 1 is 1.52 bits per heavy atom. The Bertz CT molecular complexity index is 615. The van der Waals surface area contributed by atoms with Crippen molar-refractivity contribution in [2.24, 2.45) is 5.92 Å². The van der Waals surface area contributed by atoms with Gasteiger partial charge in [-0.1, -0.05) is 0 Å². The predicted molar refractivity (Wildman–Crippen MR) is 87.0 cm³/mol. The molecule has 2 aromatic heterocycles. The van der Waals surface area contributed by atoms with Gasteiger partial charge >= 0.3 is 0 Å². The molecule has 0 aromatic carbocycles. The molecule has 1 aliphatic rings. The molecule has 0 bridgehead atoms. The maximum atomic E-state index is 12.5. The van der Waals surface area contributed by atoms with Crippen LogP contribution in [0.15, 0.2) is 41.4 Å². The molecule has 23 heavy (non-hydrogen) atoms. The summed E-state index contributed by atoms with van der Waals surface area (Å²) in [7, 11) is 0. The van der Waals surface area contributed by atoms with Gasteiger partial charge in [-0.05, 0) is 31.9 Å². The van der Waals surface area contributed by atoms with Gasteiger partial charge in [0.2, 0.25) is 5.91 Å². The second-order valence-corrected chi connectivity index (χ2v) is 6.04. The van der Waals surface area contributed by atoms with Gasteiger partial charge in [0.1, 0.15) is 11.6 Å². The zero-order valence-electron chi connectivity index (χ0n) is 13.3. The summed E-state index contributed by atoms with van der Waals surface area (Å²) in [5, 5.41) is 3.10. The van der Waals surface area contributed by atoms with Gasteiger partial charge in [-0.3, -0.25) is 9.78 Å². The minimum atomic E-state index is -0.00944. The molecule has 1 saturated heterocycles. The topological polar surface area (TPSA) is 71.3 Å². The molecule has 1 aliphatic heterocycles. The van der Waals surface area contributed by atoms with Crippen LogP contribution < -0.4 is 10.2 Å². The van der Waals surface area contributed by atoms with E-state index in [1.807, 2.05) is 19.1 Å². The highest BCUT2D eigenvalue weighted by atomic mass is 16.3. The van der Waals surface area contributed by atoms with E-state index in [-0.39, 0.29) is 17.9 Å². The second kappa shape index (κ2) is 7.26. The number of hydrogen-bond donors (Lipinski definition) is 1. The van der Waals surface area contributed by atoms with Crippen molar-refractivity contribution in [3.63, 3.8) is 0 Å². The number of furan rings is 1. The molecule has 6 heteroatoms. The molecule has 0 unspecified atom stereocenters. The lowest BCUT2D eigenvalue weighted by atomic mass is 9.96. The number of carbonyl (C=O) groups is 1. The smallest absolute Gasteiger partial charge is 0.225 e. The first-order valence-corrected chi connectivity index (χ1v) is 8.06. The first-order chi connectivity index (χ1) is 11.2. The highest BCUT2D eigenvalue weighted by molar-refractivity contribution is 5.79. The van der Waals surface area contributed by atoms with Gasteiger partial charge in [0, 0.05) is 37.9 Å². The third-order valence-electron chi connectivity index (χ3n) is 4.14. The zero-order chi connectivity index (χ0) is 16.1. The maximum absolute atomic E-state index is 12.5. The van der Waals surface area contributed by atoms with Crippen molar-refractivity contribution in [1.29, 1.82) is 0 Å². The van der Waals surface area contributed by atoms with Gasteiger partial charge in [-0.15, -0.1) is 0 Å². The van der Waals surface area contributed by atoms with Crippen LogP contribution >= 0.6 is 0 Å². The van der Waals surface area contributed by atoms with E-state index in [1.54, 1.807) is 24.9 Å². The highest BCUT2D eigenvalue weighted by Gasteiger charge is 2.27. The van der Waals surface area contributed by atoms with Crippen LogP contribution in [0.25, 0.3) is 0 Å². The molecule has 3 rings (SSSR count). The number of aromatic nitrogens is 2. The molecular formula is C17H22N4O2. The largest absolute Gasteiger partial charge is 0.469 e. The van der Waals surface area contributed by atoms with Crippen molar-refractivity contribution in [2.75, 3.05) is 18.0 Å². The molecule has 1 N–H and O–H groups in total. The SMILES string of the molecule is C[C@H](Cc1ccco1)NC(=O)[C@@H]1CCCN(c2cnccn2)C1. The van der Waals surface area contributed by atoms with Crippen molar-refractivity contribution >= 4 is 11.7 Å². The standard InChI is InChI=1S/C17H22N4O2/c1-13(10-15-5-3-9-23-15)20-17(22)14-4-2-8-21(12-14)16-11-18-6-7-19-16/h3,5-7,9,11,13-14H,2,4,8,10,12H2,1H3,(H,20,22)/t13-,14-/m1/s1. The van der Waals surface area contributed by atoms with Crippen LogP contribution in [0.3, 0.4) is 0 Å². The van der Waals surface area contributed by atoms with E-state index in [4.69, 9.17) is 4.42 Å². The number of hydrogen-bond acceptors (Lipinski definition) is 5. The number of carbonyl (C=O) groups excluding carboxylic acids is 1. The summed E-state index contributed by atoms with van der Waals surface area (Å²) in [4.78, 5) is 23.1. The number of anilines is 1. The van der Waals surface area contributed by atoms with Crippen molar-refractivity contribution < 1.29 is 9.21 Å². The molecule has 122 valence electrons. The van der Waals surface area contributed by atoms with Crippen molar-refractivity contribution in [2.45, 2.75) is 32.2 Å². The van der Waals surface area contributed by atoms with Crippen LogP contribution in [-0.4, -0.2) is 35.0 Å². The van der Waals surface area contributed by atoms with E-state index in [0.29, 0.717) is 13.0 Å². The summed E-state index contributed by atoms with van der Waals surface area (Å²) in [5.41, 5.74) is 0. The number of nitrogens with one attached hydrogen (secondary N) is 1. The Morgan fingerprint density at radius 2 is 2.43 bits per heavy atom. The van der Waals surface area contributed by atoms with Crippen LogP contribution in [0.1, 0.15) is 25.5 Å². The quantitative estimate of drug-likeness (QED) is 0.914. The van der Waals surface area contributed by atoms with E-state index in [9.17, 15) is 4.79 Å². The van der Waals surface area contributed by atoms with E-state index in [2.05, 4.69) is 20.2 Å². The van der Waals surface area contributed by atoms with E-state index < -0.39 is 0 Å². The average Bonchev–Trinajstić information content (AvgIpc) is 3.08. The van der Waals surface area contributed by atoms with Gasteiger partial charge in [-0.2, -0.15) is 0 Å². The molecule has 0 radical (unpaired) electrons. The Morgan fingerprint density at radius 3 is 3.17 bits per heavy atom. The number of amides is 1. The van der Waals surface area contributed by atoms with Crippen LogP contribution in [0, 0.1) is 5.92 Å². The van der Waals surface area contributed by atoms with Gasteiger partial charge in [0.15, 0.2) is 0 Å². The Balaban J connectivity index is 1.54. The number of rotatable bonds is 5. The Kier molecular flexibility index (Phi) is 4.90. The third kappa shape index (κ3) is 4.09. The monoisotopic (exact) mass is 314 g/mol. The lowest BCUT2D eigenvalue weighted by molar-refractivity contribution is -0.125. The molecule has 1 fully saturated rings. The molecule has 6 nitrogen and oxygen atoms in total. The Hall–Kier alpha value is -2.37. The van der Waals surface area contributed by atoms with Crippen LogP contribution in [0.5, 0.6) is 0 Å². The molecule has 2 atom stereocenters. The van der Waals surface area contributed by atoms with Crippen LogP contribution in [0.2, 0.25) is 0 Å². The molecule has 0 aliphatic carbocycles. The average molecular weight is 314 g/mol. The fourth-order valence-electron chi connectivity index (χ4n) is 3.00. The van der Waals surface area contributed by atoms with Gasteiger partial charge in [0.25, 0.3) is 0 Å². The lowest BCUT2D eigenvalue weighted by Crippen LogP contribution is -2.46. The number of piperidine rings is 1. The fraction of sp³-hybridized carbons (Fsp3) is 0.471. The van der Waals surface area contributed by atoms with Gasteiger partial charge in [-0.25, -0.2) is 4.98 Å². The van der Waals surface area contributed by atoms with E-state index in [0.717, 1.165) is 31.0 Å². The van der Waals surface area contributed by atoms with Crippen molar-refractivity contribution in [3.05, 3.63) is 42.7 Å². The van der Waals surface area contributed by atoms with E-state index >= 15 is 0 Å². The molecule has 2 aromatic rings. The molecule has 0 spiro atoms. The van der Waals surface area contributed by atoms with Crippen molar-refractivity contribution in [3.8, 4) is 0 Å². The minimum absolute atomic E-state index is 0.00944. The molecule has 0 saturated carbocycles. The highest BCUT2D eigenvalue weighted by Crippen LogP contribution is 2.21. The van der Waals surface area contributed by atoms with Gasteiger partial charge < -0.3 is 14.6 Å². The Labute approximate surface area is 135 Å². The number of nitrogens with zero attached hydrogens (tertiary/aromatic N) is 3. The minimum Gasteiger partial charge on any atom is -0.469 e. The van der Waals surface area contributed by atoms with E-state index in [1.165, 1.54) is 0 Å². The normalized spacial score (nSPS) is 19.3.